The monoisotopic (exact) mass is 2520 g/mol. The maximum atomic E-state index is 0. The molecule has 0 aromatic carbocycles. The van der Waals surface area contributed by atoms with Crippen LogP contribution in [-0.2, 0) is 341 Å². The Bertz CT molecular complexity index is 27.5. The van der Waals surface area contributed by atoms with Crippen molar-refractivity contribution in [1.29, 1.82) is 0 Å². The molecule has 0 radical (unpaired) electrons. The van der Waals surface area contributed by atoms with Crippen LogP contribution in [0.25, 0.3) is 0 Å². The molecule has 0 spiro atoms. The third kappa shape index (κ3) is 224. The predicted octanol–water partition coefficient (Wildman–Crippen LogP) is -9.21. The summed E-state index contributed by atoms with van der Waals surface area (Å²) in [4.78, 5) is 0. The van der Waals surface area contributed by atoms with Gasteiger partial charge in [0, 0.05) is 341 Å². The topological polar surface area (TPSA) is 0 Å². The van der Waals surface area contributed by atoms with Crippen molar-refractivity contribution < 1.29 is 341 Å². The second-order valence-electron chi connectivity index (χ2n) is 0. The van der Waals surface area contributed by atoms with Crippen LogP contribution in [0.1, 0.15) is 0 Å². The zero-order chi connectivity index (χ0) is 0. The average molecular weight is 2510 g/mol. The van der Waals surface area contributed by atoms with Gasteiger partial charge >= 0.3 is 489 Å². The Morgan fingerprint density at radius 3 is 0.0667 bits per heavy atom. The molecule has 0 unspecified atom stereocenters. The Morgan fingerprint density at radius 1 is 0.0667 bits per heavy atom. The summed E-state index contributed by atoms with van der Waals surface area (Å²) in [6.07, 6.45) is 0. The van der Waals surface area contributed by atoms with Crippen LogP contribution in [0.15, 0.2) is 0 Å². The second kappa shape index (κ2) is 237. The number of rotatable bonds is 0. The van der Waals surface area contributed by atoms with Crippen molar-refractivity contribution in [2.75, 3.05) is 0 Å². The predicted molar refractivity (Wildman–Crippen MR) is 85.4 cm³/mol. The Morgan fingerprint density at radius 2 is 0.0667 bits per heavy atom. The SMILES string of the molecule is [BaH2].[BaH2].[BaH2].[BaH2].[BaH2].[BaH2].[BaH2].[BaH2].[BaH2].[BaH2].[Fe].[Fe].[Fe].[Fe].[Fe].[Fe].[Fe].[Fe].[Fe].[Fe].[Fe].[Fe].[Fe].[Fe].[Fe].[Fe].[Fe].[Fe].[Fe].[Fe]. The van der Waals surface area contributed by atoms with Gasteiger partial charge in [0.05, 0.1) is 0 Å². The molecule has 0 nitrogen and oxygen atoms in total. The second-order valence-corrected chi connectivity index (χ2v) is 0. The van der Waals surface area contributed by atoms with E-state index < -0.39 is 0 Å². The summed E-state index contributed by atoms with van der Waals surface area (Å²) < 4.78 is 0. The molecule has 30 heteroatoms. The molecule has 0 aliphatic heterocycles. The van der Waals surface area contributed by atoms with Crippen LogP contribution in [0.2, 0.25) is 0 Å². The Labute approximate surface area is 799 Å². The third-order valence-electron chi connectivity index (χ3n) is 0. The van der Waals surface area contributed by atoms with Crippen LogP contribution < -0.4 is 0 Å². The summed E-state index contributed by atoms with van der Waals surface area (Å²) in [6.45, 7) is 0. The zero-order valence-electron chi connectivity index (χ0n) is 7.07. The van der Waals surface area contributed by atoms with E-state index in [1.165, 1.54) is 0 Å². The van der Waals surface area contributed by atoms with Crippen LogP contribution in [0, 0.1) is 0 Å². The van der Waals surface area contributed by atoms with Gasteiger partial charge in [0.1, 0.15) is 0 Å². The fourth-order valence-corrected chi connectivity index (χ4v) is 0. The number of hydrogen-bond donors (Lipinski definition) is 0. The summed E-state index contributed by atoms with van der Waals surface area (Å²) >= 11 is 0. The molecule has 0 rings (SSSR count). The molecular weight excluding hydrogens is 2490 g/mol. The Kier molecular flexibility index (Phi) is 1970. The summed E-state index contributed by atoms with van der Waals surface area (Å²) in [5, 5.41) is 0. The molecule has 0 N–H and O–H groups in total. The van der Waals surface area contributed by atoms with Crippen molar-refractivity contribution in [3.8, 4) is 0 Å². The molecule has 0 heterocycles. The van der Waals surface area contributed by atoms with Crippen molar-refractivity contribution in [1.82, 2.24) is 0 Å². The van der Waals surface area contributed by atoms with Gasteiger partial charge in [0.2, 0.25) is 0 Å². The van der Waals surface area contributed by atoms with Crippen LogP contribution in [0.5, 0.6) is 0 Å². The van der Waals surface area contributed by atoms with Gasteiger partial charge in [-0.1, -0.05) is 0 Å². The minimum absolute atomic E-state index is 0. The van der Waals surface area contributed by atoms with E-state index in [0.29, 0.717) is 0 Å². The van der Waals surface area contributed by atoms with Crippen molar-refractivity contribution in [3.05, 3.63) is 0 Å². The molecule has 0 aliphatic rings. The summed E-state index contributed by atoms with van der Waals surface area (Å²) in [5.41, 5.74) is 0. The van der Waals surface area contributed by atoms with Gasteiger partial charge in [-0.05, 0) is 0 Å². The van der Waals surface area contributed by atoms with E-state index in [0.717, 1.165) is 0 Å². The first-order chi connectivity index (χ1) is 0. The third-order valence-corrected chi connectivity index (χ3v) is 0. The molecule has 0 aliphatic carbocycles. The van der Waals surface area contributed by atoms with E-state index in [1.807, 2.05) is 0 Å². The first kappa shape index (κ1) is 250. The number of hydrogen-bond acceptors (Lipinski definition) is 0. The van der Waals surface area contributed by atoms with Gasteiger partial charge in [-0.3, -0.25) is 0 Å². The van der Waals surface area contributed by atoms with Crippen LogP contribution >= 0.6 is 0 Å². The smallest absolute Gasteiger partial charge is 0 e. The molecule has 0 saturated carbocycles. The normalized spacial score (nSPS) is 0. The molecule has 0 saturated heterocycles. The molecule has 0 atom stereocenters. The summed E-state index contributed by atoms with van der Waals surface area (Å²) in [5.74, 6) is 0. The van der Waals surface area contributed by atoms with E-state index in [9.17, 15) is 0 Å². The standard InChI is InChI=1S/10Ba.20Fe.20H. The Hall–Kier alpha value is 26.1. The van der Waals surface area contributed by atoms with E-state index in [2.05, 4.69) is 0 Å². The van der Waals surface area contributed by atoms with E-state index in [1.54, 1.807) is 0 Å². The summed E-state index contributed by atoms with van der Waals surface area (Å²) in [7, 11) is 0. The van der Waals surface area contributed by atoms with E-state index >= 15 is 0 Å². The molecule has 0 amide bonds. The van der Waals surface area contributed by atoms with E-state index in [-0.39, 0.29) is 830 Å². The maximum absolute atomic E-state index is 0. The zero-order valence-corrected chi connectivity index (χ0v) is 29.2. The fraction of sp³-hybridized carbons (Fsp3) is 0. The molecule has 0 aromatic heterocycles. The fourth-order valence-electron chi connectivity index (χ4n) is 0. The molecule has 200 valence electrons. The average Bonchev–Trinajstić information content (AvgIpc) is 0. The molecule has 0 aromatic rings. The first-order valence-electron chi connectivity index (χ1n) is 0. The van der Waals surface area contributed by atoms with Gasteiger partial charge in [0.15, 0.2) is 0 Å². The molecule has 30 heavy (non-hydrogen) atoms. The summed E-state index contributed by atoms with van der Waals surface area (Å²) in [6, 6.07) is 0. The minimum Gasteiger partial charge on any atom is 0 e. The van der Waals surface area contributed by atoms with Gasteiger partial charge < -0.3 is 0 Å². The minimum atomic E-state index is 0. The molecule has 0 fully saturated rings. The molecule has 0 bridgehead atoms. The van der Waals surface area contributed by atoms with Crippen molar-refractivity contribution in [2.24, 2.45) is 0 Å². The van der Waals surface area contributed by atoms with Crippen LogP contribution in [0.3, 0.4) is 0 Å². The largest absolute Gasteiger partial charge is 0 e. The van der Waals surface area contributed by atoms with Crippen LogP contribution in [-0.4, -0.2) is 489 Å². The van der Waals surface area contributed by atoms with Gasteiger partial charge in [-0.15, -0.1) is 0 Å². The van der Waals surface area contributed by atoms with Crippen molar-refractivity contribution in [3.63, 3.8) is 0 Å². The molecular formula is H20Ba10Fe20. The first-order valence-corrected chi connectivity index (χ1v) is 0. The van der Waals surface area contributed by atoms with Crippen molar-refractivity contribution in [2.45, 2.75) is 0 Å². The van der Waals surface area contributed by atoms with Gasteiger partial charge in [-0.2, -0.15) is 0 Å². The van der Waals surface area contributed by atoms with E-state index in [4.69, 9.17) is 0 Å². The van der Waals surface area contributed by atoms with Crippen LogP contribution in [0.4, 0.5) is 0 Å². The van der Waals surface area contributed by atoms with Crippen molar-refractivity contribution >= 4 is 489 Å². The Balaban J connectivity index is 0. The van der Waals surface area contributed by atoms with Gasteiger partial charge in [-0.25, -0.2) is 0 Å². The quantitative estimate of drug-likeness (QED) is 0.212. The van der Waals surface area contributed by atoms with Gasteiger partial charge in [0.25, 0.3) is 0 Å². The maximum Gasteiger partial charge on any atom is 0 e.